The van der Waals surface area contributed by atoms with Crippen molar-refractivity contribution in [1.82, 2.24) is 26.2 Å². The summed E-state index contributed by atoms with van der Waals surface area (Å²) in [5.74, 6) is -4.66. The second-order valence-corrected chi connectivity index (χ2v) is 22.0. The number of Topliss-reactive ketones (excluding diaryl/α,β-unsaturated/α-hetero) is 2. The number of benzene rings is 1. The molecular formula is C61H105N9O16. The Morgan fingerprint density at radius 3 is 1.63 bits per heavy atom. The molecule has 1 aromatic carbocycles. The first-order chi connectivity index (χ1) is 41.2. The largest absolute Gasteiger partial charge is 0.508 e. The van der Waals surface area contributed by atoms with Gasteiger partial charge in [-0.05, 0) is 83.0 Å². The molecule has 0 radical (unpaired) electrons. The molecule has 490 valence electrons. The van der Waals surface area contributed by atoms with Gasteiger partial charge in [0.15, 0.2) is 11.7 Å². The molecule has 0 aliphatic rings. The SMILES string of the molecule is CC(C(=O)[C@@H](C)CCCCNC(=O)COCCOCCNC(=O)COCCOCCCC(=O)CC[C@H](NC(=O)CCCCCCCCCCCCCCCCC(=O)O)C(=O)O)N(C)[C@@H](CCCN=C(N)N)C(=O)N[C@@H](Cc1ccc(O)cc1)C(N)=O. The van der Waals surface area contributed by atoms with Gasteiger partial charge in [0.05, 0.1) is 45.1 Å². The van der Waals surface area contributed by atoms with Gasteiger partial charge < -0.3 is 72.7 Å². The number of aliphatic carboxylic acids is 2. The number of primary amides is 1. The molecule has 0 spiro atoms. The van der Waals surface area contributed by atoms with E-state index in [2.05, 4.69) is 26.3 Å². The van der Waals surface area contributed by atoms with Crippen LogP contribution in [0, 0.1) is 5.92 Å². The molecule has 0 saturated carbocycles. The van der Waals surface area contributed by atoms with Gasteiger partial charge in [0, 0.05) is 64.3 Å². The van der Waals surface area contributed by atoms with Crippen molar-refractivity contribution in [2.24, 2.45) is 28.1 Å². The highest BCUT2D eigenvalue weighted by atomic mass is 16.5. The molecule has 0 heterocycles. The summed E-state index contributed by atoms with van der Waals surface area (Å²) in [5.41, 5.74) is 17.3. The quantitative estimate of drug-likeness (QED) is 0.0246. The van der Waals surface area contributed by atoms with E-state index in [9.17, 15) is 53.4 Å². The molecule has 0 bridgehead atoms. The number of aliphatic imine (C=N–C) groups is 1. The van der Waals surface area contributed by atoms with Gasteiger partial charge in [0.1, 0.15) is 36.8 Å². The van der Waals surface area contributed by atoms with Crippen molar-refractivity contribution in [1.29, 1.82) is 0 Å². The molecule has 1 rings (SSSR count). The van der Waals surface area contributed by atoms with E-state index in [1.54, 1.807) is 31.0 Å². The van der Waals surface area contributed by atoms with Gasteiger partial charge in [-0.1, -0.05) is 103 Å². The van der Waals surface area contributed by atoms with Crippen LogP contribution in [0.2, 0.25) is 0 Å². The number of carbonyl (C=O) groups excluding carboxylic acids is 7. The molecular weight excluding hydrogens is 1110 g/mol. The van der Waals surface area contributed by atoms with Crippen molar-refractivity contribution in [3.8, 4) is 5.75 Å². The number of unbranched alkanes of at least 4 members (excludes halogenated alkanes) is 14. The van der Waals surface area contributed by atoms with Gasteiger partial charge in [-0.15, -0.1) is 0 Å². The van der Waals surface area contributed by atoms with Gasteiger partial charge >= 0.3 is 11.9 Å². The number of ketones is 2. The molecule has 13 N–H and O–H groups in total. The number of guanidine groups is 1. The van der Waals surface area contributed by atoms with Gasteiger partial charge in [-0.3, -0.25) is 48.2 Å². The Kier molecular flexibility index (Phi) is 45.0. The zero-order valence-electron chi connectivity index (χ0n) is 51.6. The Labute approximate surface area is 509 Å². The minimum atomic E-state index is -1.17. The average Bonchev–Trinajstić information content (AvgIpc) is 3.67. The Hall–Kier alpha value is -6.28. The maximum Gasteiger partial charge on any atom is 0.326 e. The fraction of sp³-hybridized carbons (Fsp3) is 0.738. The highest BCUT2D eigenvalue weighted by Crippen LogP contribution is 2.19. The standard InChI is InChI=1S/C61H105N9O16/c1-45(57(78)46(2)70(3)52(24-20-34-67-61(63)64)59(80)69-51(58(62)79)42-47-27-29-49(72)30-28-47)22-18-19-33-65-54(74)43-86-41-39-84-37-35-66-55(75)44-85-40-38-83-36-21-23-48(71)31-32-50(60(81)82)68-53(73)25-16-14-12-10-8-6-4-5-7-9-11-13-15-17-26-56(76)77/h27-30,45-46,50-52,72H,4-26,31-44H2,1-3H3,(H2,62,79)(H,65,74)(H,66,75)(H,68,73)(H,69,80)(H,76,77)(H,81,82)(H4,63,64,67)/t45-,46?,50-,51-,52-/m0/s1. The summed E-state index contributed by atoms with van der Waals surface area (Å²) in [4.78, 5) is 117. The molecule has 0 fully saturated rings. The number of carboxylic acid groups (broad SMARTS) is 2. The number of amides is 5. The fourth-order valence-corrected chi connectivity index (χ4v) is 9.34. The van der Waals surface area contributed by atoms with Gasteiger partial charge in [-0.25, -0.2) is 4.79 Å². The molecule has 0 aliphatic carbocycles. The minimum absolute atomic E-state index is 0.0155. The third-order valence-electron chi connectivity index (χ3n) is 14.6. The van der Waals surface area contributed by atoms with E-state index in [1.807, 2.05) is 6.92 Å². The third kappa shape index (κ3) is 41.7. The first-order valence-electron chi connectivity index (χ1n) is 31.0. The van der Waals surface area contributed by atoms with E-state index >= 15 is 0 Å². The molecule has 1 unspecified atom stereocenters. The van der Waals surface area contributed by atoms with Gasteiger partial charge in [-0.2, -0.15) is 0 Å². The van der Waals surface area contributed by atoms with Crippen LogP contribution in [0.15, 0.2) is 29.3 Å². The predicted octanol–water partition coefficient (Wildman–Crippen LogP) is 4.35. The van der Waals surface area contributed by atoms with Crippen molar-refractivity contribution in [2.45, 2.75) is 205 Å². The van der Waals surface area contributed by atoms with Gasteiger partial charge in [0.25, 0.3) is 0 Å². The number of ether oxygens (including phenoxy) is 4. The summed E-state index contributed by atoms with van der Waals surface area (Å²) < 4.78 is 21.7. The summed E-state index contributed by atoms with van der Waals surface area (Å²) >= 11 is 0. The lowest BCUT2D eigenvalue weighted by Crippen LogP contribution is -2.55. The van der Waals surface area contributed by atoms with Crippen LogP contribution < -0.4 is 38.5 Å². The molecule has 86 heavy (non-hydrogen) atoms. The van der Waals surface area contributed by atoms with Crippen LogP contribution in [0.1, 0.15) is 180 Å². The number of hydrogen-bond acceptors (Lipinski definition) is 16. The Balaban J connectivity index is 2.12. The second kappa shape index (κ2) is 49.8. The summed E-state index contributed by atoms with van der Waals surface area (Å²) in [6, 6.07) is 2.56. The van der Waals surface area contributed by atoms with Crippen LogP contribution in [-0.2, 0) is 68.5 Å². The normalized spacial score (nSPS) is 13.0. The van der Waals surface area contributed by atoms with Crippen LogP contribution in [0.4, 0.5) is 0 Å². The number of nitrogens with zero attached hydrogens (tertiary/aromatic N) is 2. The molecule has 0 aromatic heterocycles. The topological polar surface area (TPSA) is 393 Å². The first kappa shape index (κ1) is 77.7. The van der Waals surface area contributed by atoms with Crippen molar-refractivity contribution in [2.75, 3.05) is 79.5 Å². The highest BCUT2D eigenvalue weighted by Gasteiger charge is 2.33. The van der Waals surface area contributed by atoms with E-state index < -0.39 is 47.9 Å². The van der Waals surface area contributed by atoms with Crippen LogP contribution in [0.5, 0.6) is 5.75 Å². The lowest BCUT2D eigenvalue weighted by Gasteiger charge is -2.33. The zero-order chi connectivity index (χ0) is 63.7. The molecule has 5 amide bonds. The van der Waals surface area contributed by atoms with Crippen molar-refractivity contribution in [3.05, 3.63) is 29.8 Å². The van der Waals surface area contributed by atoms with E-state index in [0.717, 1.165) is 44.9 Å². The highest BCUT2D eigenvalue weighted by molar-refractivity contribution is 5.91. The summed E-state index contributed by atoms with van der Waals surface area (Å²) in [6.07, 6.45) is 18.8. The average molecular weight is 1220 g/mol. The second-order valence-electron chi connectivity index (χ2n) is 22.0. The number of hydrogen-bond donors (Lipinski definition) is 10. The number of nitrogens with two attached hydrogens (primary N) is 3. The molecule has 0 saturated heterocycles. The Morgan fingerprint density at radius 2 is 1.08 bits per heavy atom. The van der Waals surface area contributed by atoms with Crippen LogP contribution in [0.25, 0.3) is 0 Å². The smallest absolute Gasteiger partial charge is 0.326 e. The van der Waals surface area contributed by atoms with E-state index in [0.29, 0.717) is 50.6 Å². The summed E-state index contributed by atoms with van der Waals surface area (Å²) in [6.45, 7) is 5.31. The van der Waals surface area contributed by atoms with E-state index in [-0.39, 0.29) is 158 Å². The minimum Gasteiger partial charge on any atom is -0.508 e. The first-order valence-corrected chi connectivity index (χ1v) is 31.0. The van der Waals surface area contributed by atoms with E-state index in [4.69, 9.17) is 41.3 Å². The number of aromatic hydroxyl groups is 1. The summed E-state index contributed by atoms with van der Waals surface area (Å²) in [7, 11) is 1.68. The van der Waals surface area contributed by atoms with Crippen LogP contribution >= 0.6 is 0 Å². The maximum atomic E-state index is 13.7. The number of phenolic OH excluding ortho intramolecular Hbond substituents is 1. The number of rotatable bonds is 57. The molecule has 25 heteroatoms. The number of phenols is 1. The molecule has 0 aliphatic heterocycles. The van der Waals surface area contributed by atoms with Crippen LogP contribution in [0.3, 0.4) is 0 Å². The predicted molar refractivity (Wildman–Crippen MR) is 326 cm³/mol. The Morgan fingerprint density at radius 1 is 0.547 bits per heavy atom. The van der Waals surface area contributed by atoms with Gasteiger partial charge in [0.2, 0.25) is 29.5 Å². The fourth-order valence-electron chi connectivity index (χ4n) is 9.34. The van der Waals surface area contributed by atoms with Crippen molar-refractivity contribution < 1.29 is 77.4 Å². The number of nitrogens with one attached hydrogen (secondary N) is 4. The number of carboxylic acids is 2. The number of carbonyl (C=O) groups is 9. The third-order valence-corrected chi connectivity index (χ3v) is 14.6. The Bertz CT molecular complexity index is 2130. The number of likely N-dealkylation sites (N-methyl/N-ethyl adjacent to an activating group) is 1. The van der Waals surface area contributed by atoms with Crippen molar-refractivity contribution in [3.63, 3.8) is 0 Å². The molecule has 25 nitrogen and oxygen atoms in total. The van der Waals surface area contributed by atoms with Crippen LogP contribution in [-0.4, -0.2) is 183 Å². The molecule has 1 aromatic rings. The zero-order valence-corrected chi connectivity index (χ0v) is 51.6. The lowest BCUT2D eigenvalue weighted by molar-refractivity contribution is -0.142. The monoisotopic (exact) mass is 1220 g/mol. The molecule has 5 atom stereocenters. The maximum absolute atomic E-state index is 13.7. The lowest BCUT2D eigenvalue weighted by atomic mass is 9.93. The van der Waals surface area contributed by atoms with E-state index in [1.165, 1.54) is 50.7 Å². The summed E-state index contributed by atoms with van der Waals surface area (Å²) in [5, 5.41) is 38.7. The van der Waals surface area contributed by atoms with Crippen molar-refractivity contribution >= 4 is 59.0 Å².